The molecule has 3 heteroatoms. The number of anilines is 2. The maximum absolute atomic E-state index is 6.15. The molecule has 1 fully saturated rings. The zero-order valence-electron chi connectivity index (χ0n) is 10.9. The van der Waals surface area contributed by atoms with Crippen molar-refractivity contribution in [3.8, 4) is 0 Å². The van der Waals surface area contributed by atoms with Crippen molar-refractivity contribution >= 4 is 22.3 Å². The molecule has 1 aromatic heterocycles. The van der Waals surface area contributed by atoms with Crippen LogP contribution in [0.5, 0.6) is 0 Å². The average Bonchev–Trinajstić information content (AvgIpc) is 2.69. The van der Waals surface area contributed by atoms with E-state index in [1.807, 2.05) is 12.1 Å². The highest BCUT2D eigenvalue weighted by Gasteiger charge is 2.28. The molecule has 1 aromatic carbocycles. The molecule has 1 aliphatic heterocycles. The molecule has 2 aromatic rings. The summed E-state index contributed by atoms with van der Waals surface area (Å²) in [5.74, 6) is 1.44. The van der Waals surface area contributed by atoms with Gasteiger partial charge in [-0.2, -0.15) is 0 Å². The molecule has 2 heterocycles. The average molecular weight is 241 g/mol. The molecule has 0 saturated carbocycles. The predicted molar refractivity (Wildman–Crippen MR) is 76.7 cm³/mol. The number of nitrogens with two attached hydrogens (primary N) is 1. The number of nitrogens with zero attached hydrogens (tertiary/aromatic N) is 2. The SMILES string of the molecule is CC1CN(c2c(N)cnc3ccccc23)CC1C. The number of rotatable bonds is 1. The lowest BCUT2D eigenvalue weighted by molar-refractivity contribution is 0.494. The van der Waals surface area contributed by atoms with E-state index in [2.05, 4.69) is 35.9 Å². The summed E-state index contributed by atoms with van der Waals surface area (Å²) >= 11 is 0. The number of hydrogen-bond acceptors (Lipinski definition) is 3. The van der Waals surface area contributed by atoms with Crippen molar-refractivity contribution in [2.45, 2.75) is 13.8 Å². The van der Waals surface area contributed by atoms with Gasteiger partial charge in [-0.3, -0.25) is 4.98 Å². The van der Waals surface area contributed by atoms with Gasteiger partial charge in [-0.25, -0.2) is 0 Å². The lowest BCUT2D eigenvalue weighted by Crippen LogP contribution is -2.21. The van der Waals surface area contributed by atoms with Crippen LogP contribution >= 0.6 is 0 Å². The lowest BCUT2D eigenvalue weighted by Gasteiger charge is -2.22. The van der Waals surface area contributed by atoms with Gasteiger partial charge in [-0.05, 0) is 17.9 Å². The number of para-hydroxylation sites is 1. The minimum atomic E-state index is 0.719. The van der Waals surface area contributed by atoms with Crippen LogP contribution < -0.4 is 10.6 Å². The van der Waals surface area contributed by atoms with Crippen molar-refractivity contribution < 1.29 is 0 Å². The molecular weight excluding hydrogens is 222 g/mol. The van der Waals surface area contributed by atoms with Gasteiger partial charge in [0.05, 0.1) is 23.1 Å². The first kappa shape index (κ1) is 11.3. The Balaban J connectivity index is 2.13. The third kappa shape index (κ3) is 1.70. The summed E-state index contributed by atoms with van der Waals surface area (Å²) in [5, 5.41) is 1.17. The number of fused-ring (bicyclic) bond motifs is 1. The van der Waals surface area contributed by atoms with E-state index in [1.54, 1.807) is 6.20 Å². The number of aromatic nitrogens is 1. The highest BCUT2D eigenvalue weighted by atomic mass is 15.2. The van der Waals surface area contributed by atoms with Crippen molar-refractivity contribution in [3.63, 3.8) is 0 Å². The van der Waals surface area contributed by atoms with E-state index in [1.165, 1.54) is 5.39 Å². The van der Waals surface area contributed by atoms with Gasteiger partial charge >= 0.3 is 0 Å². The Morgan fingerprint density at radius 3 is 2.56 bits per heavy atom. The Hall–Kier alpha value is -1.77. The minimum absolute atomic E-state index is 0.719. The van der Waals surface area contributed by atoms with E-state index in [-0.39, 0.29) is 0 Å². The van der Waals surface area contributed by atoms with E-state index >= 15 is 0 Å². The van der Waals surface area contributed by atoms with Crippen LogP contribution in [0.15, 0.2) is 30.5 Å². The maximum Gasteiger partial charge on any atom is 0.0745 e. The molecule has 1 aliphatic rings. The van der Waals surface area contributed by atoms with Gasteiger partial charge in [0.1, 0.15) is 0 Å². The maximum atomic E-state index is 6.15. The van der Waals surface area contributed by atoms with E-state index in [0.717, 1.165) is 41.8 Å². The van der Waals surface area contributed by atoms with E-state index in [9.17, 15) is 0 Å². The quantitative estimate of drug-likeness (QED) is 0.834. The zero-order valence-corrected chi connectivity index (χ0v) is 10.9. The second-order valence-corrected chi connectivity index (χ2v) is 5.44. The van der Waals surface area contributed by atoms with Crippen molar-refractivity contribution in [1.82, 2.24) is 4.98 Å². The molecule has 2 atom stereocenters. The molecule has 0 amide bonds. The Kier molecular flexibility index (Phi) is 2.62. The van der Waals surface area contributed by atoms with Gasteiger partial charge < -0.3 is 10.6 Å². The fraction of sp³-hybridized carbons (Fsp3) is 0.400. The fourth-order valence-electron chi connectivity index (χ4n) is 2.81. The molecular formula is C15H19N3. The first-order valence-corrected chi connectivity index (χ1v) is 6.55. The summed E-state index contributed by atoms with van der Waals surface area (Å²) in [7, 11) is 0. The predicted octanol–water partition coefficient (Wildman–Crippen LogP) is 2.91. The van der Waals surface area contributed by atoms with Gasteiger partial charge in [-0.15, -0.1) is 0 Å². The van der Waals surface area contributed by atoms with Crippen LogP contribution in [0.4, 0.5) is 11.4 Å². The standard InChI is InChI=1S/C15H19N3/c1-10-8-18(9-11(10)2)15-12-5-3-4-6-14(12)17-7-13(15)16/h3-7,10-11H,8-9,16H2,1-2H3. The molecule has 0 bridgehead atoms. The summed E-state index contributed by atoms with van der Waals surface area (Å²) in [6, 6.07) is 8.23. The van der Waals surface area contributed by atoms with E-state index < -0.39 is 0 Å². The lowest BCUT2D eigenvalue weighted by atomic mass is 10.0. The first-order valence-electron chi connectivity index (χ1n) is 6.55. The van der Waals surface area contributed by atoms with Gasteiger partial charge in [0.25, 0.3) is 0 Å². The van der Waals surface area contributed by atoms with Crippen molar-refractivity contribution in [3.05, 3.63) is 30.5 Å². The molecule has 0 radical (unpaired) electrons. The van der Waals surface area contributed by atoms with Crippen molar-refractivity contribution in [2.75, 3.05) is 23.7 Å². The number of pyridine rings is 1. The Bertz CT molecular complexity index is 569. The van der Waals surface area contributed by atoms with Crippen LogP contribution in [0.3, 0.4) is 0 Å². The van der Waals surface area contributed by atoms with Gasteiger partial charge in [0.2, 0.25) is 0 Å². The third-order valence-corrected chi connectivity index (χ3v) is 4.08. The highest BCUT2D eigenvalue weighted by molar-refractivity contribution is 5.97. The molecule has 3 nitrogen and oxygen atoms in total. The van der Waals surface area contributed by atoms with Gasteiger partial charge in [-0.1, -0.05) is 32.0 Å². The molecule has 2 N–H and O–H groups in total. The Morgan fingerprint density at radius 1 is 1.17 bits per heavy atom. The zero-order chi connectivity index (χ0) is 12.7. The van der Waals surface area contributed by atoms with E-state index in [0.29, 0.717) is 0 Å². The smallest absolute Gasteiger partial charge is 0.0745 e. The molecule has 94 valence electrons. The number of benzene rings is 1. The molecule has 0 aliphatic carbocycles. The Morgan fingerprint density at radius 2 is 1.83 bits per heavy atom. The molecule has 18 heavy (non-hydrogen) atoms. The Labute approximate surface area is 108 Å². The second-order valence-electron chi connectivity index (χ2n) is 5.44. The highest BCUT2D eigenvalue weighted by Crippen LogP contribution is 2.36. The topological polar surface area (TPSA) is 42.1 Å². The largest absolute Gasteiger partial charge is 0.396 e. The molecule has 3 rings (SSSR count). The summed E-state index contributed by atoms with van der Waals surface area (Å²) in [6.45, 7) is 6.78. The second kappa shape index (κ2) is 4.16. The van der Waals surface area contributed by atoms with Gasteiger partial charge in [0.15, 0.2) is 0 Å². The van der Waals surface area contributed by atoms with Crippen LogP contribution in [-0.2, 0) is 0 Å². The van der Waals surface area contributed by atoms with E-state index in [4.69, 9.17) is 5.73 Å². The van der Waals surface area contributed by atoms with Crippen LogP contribution in [0, 0.1) is 11.8 Å². The third-order valence-electron chi connectivity index (χ3n) is 4.08. The van der Waals surface area contributed by atoms with Crippen LogP contribution in [-0.4, -0.2) is 18.1 Å². The van der Waals surface area contributed by atoms with Crippen LogP contribution in [0.2, 0.25) is 0 Å². The number of nitrogen functional groups attached to an aromatic ring is 1. The molecule has 1 saturated heterocycles. The normalized spacial score (nSPS) is 23.8. The first-order chi connectivity index (χ1) is 8.66. The number of hydrogen-bond donors (Lipinski definition) is 1. The molecule has 2 unspecified atom stereocenters. The van der Waals surface area contributed by atoms with Crippen LogP contribution in [0.25, 0.3) is 10.9 Å². The van der Waals surface area contributed by atoms with Crippen LogP contribution in [0.1, 0.15) is 13.8 Å². The molecule has 0 spiro atoms. The summed E-state index contributed by atoms with van der Waals surface area (Å²) < 4.78 is 0. The van der Waals surface area contributed by atoms with Crippen molar-refractivity contribution in [2.24, 2.45) is 11.8 Å². The van der Waals surface area contributed by atoms with Crippen molar-refractivity contribution in [1.29, 1.82) is 0 Å². The summed E-state index contributed by atoms with van der Waals surface area (Å²) in [5.41, 5.74) is 9.13. The van der Waals surface area contributed by atoms with Gasteiger partial charge in [0, 0.05) is 18.5 Å². The minimum Gasteiger partial charge on any atom is -0.396 e. The summed E-state index contributed by atoms with van der Waals surface area (Å²) in [4.78, 5) is 6.81. The summed E-state index contributed by atoms with van der Waals surface area (Å²) in [6.07, 6.45) is 1.78. The monoisotopic (exact) mass is 241 g/mol. The fourth-order valence-corrected chi connectivity index (χ4v) is 2.81.